The summed E-state index contributed by atoms with van der Waals surface area (Å²) in [4.78, 5) is 4.45. The van der Waals surface area contributed by atoms with E-state index in [1.54, 1.807) is 0 Å². The first-order valence-electron chi connectivity index (χ1n) is 6.99. The number of nitrogens with zero attached hydrogens (tertiary/aromatic N) is 3. The van der Waals surface area contributed by atoms with Gasteiger partial charge in [0.25, 0.3) is 0 Å². The molecule has 3 nitrogen and oxygen atoms in total. The molecule has 0 spiro atoms. The maximum absolute atomic E-state index is 9.20. The second kappa shape index (κ2) is 6.59. The Morgan fingerprint density at radius 2 is 1.86 bits per heavy atom. The van der Waals surface area contributed by atoms with Gasteiger partial charge in [0.05, 0.1) is 18.2 Å². The molecule has 0 saturated heterocycles. The quantitative estimate of drug-likeness (QED) is 0.708. The van der Waals surface area contributed by atoms with Crippen LogP contribution in [-0.2, 0) is 13.0 Å². The van der Waals surface area contributed by atoms with Crippen molar-refractivity contribution in [2.75, 3.05) is 0 Å². The number of hydrogen-bond donors (Lipinski definition) is 0. The van der Waals surface area contributed by atoms with Gasteiger partial charge >= 0.3 is 0 Å². The van der Waals surface area contributed by atoms with Crippen LogP contribution in [0.3, 0.4) is 0 Å². The van der Waals surface area contributed by atoms with Gasteiger partial charge in [-0.1, -0.05) is 46.3 Å². The molecule has 0 N–H and O–H groups in total. The van der Waals surface area contributed by atoms with Crippen molar-refractivity contribution in [2.24, 2.45) is 0 Å². The molecule has 2 aromatic carbocycles. The SMILES string of the molecule is N#Cc1ccccc1Cn1ccnc1Cc1ccc(Br)cc1. The third-order valence-corrected chi connectivity index (χ3v) is 4.08. The van der Waals surface area contributed by atoms with E-state index in [2.05, 4.69) is 43.7 Å². The fourth-order valence-corrected chi connectivity index (χ4v) is 2.65. The highest BCUT2D eigenvalue weighted by Crippen LogP contribution is 2.15. The summed E-state index contributed by atoms with van der Waals surface area (Å²) in [5.41, 5.74) is 2.94. The second-order valence-corrected chi connectivity index (χ2v) is 5.96. The minimum Gasteiger partial charge on any atom is -0.330 e. The van der Waals surface area contributed by atoms with E-state index in [9.17, 15) is 5.26 Å². The number of hydrogen-bond acceptors (Lipinski definition) is 2. The fourth-order valence-electron chi connectivity index (χ4n) is 2.39. The zero-order valence-electron chi connectivity index (χ0n) is 11.9. The molecular weight excluding hydrogens is 338 g/mol. The molecule has 108 valence electrons. The van der Waals surface area contributed by atoms with E-state index in [1.807, 2.05) is 48.8 Å². The van der Waals surface area contributed by atoms with Crippen LogP contribution in [0.15, 0.2) is 65.4 Å². The molecule has 0 fully saturated rings. The molecule has 1 aromatic heterocycles. The highest BCUT2D eigenvalue weighted by Gasteiger charge is 2.07. The number of halogens is 1. The Bertz CT molecular complexity index is 813. The topological polar surface area (TPSA) is 41.6 Å². The summed E-state index contributed by atoms with van der Waals surface area (Å²) < 4.78 is 3.17. The van der Waals surface area contributed by atoms with Crippen molar-refractivity contribution < 1.29 is 0 Å². The highest BCUT2D eigenvalue weighted by molar-refractivity contribution is 9.10. The minimum atomic E-state index is 0.662. The van der Waals surface area contributed by atoms with Crippen molar-refractivity contribution in [2.45, 2.75) is 13.0 Å². The van der Waals surface area contributed by atoms with Gasteiger partial charge in [-0.2, -0.15) is 5.26 Å². The predicted octanol–water partition coefficient (Wildman–Crippen LogP) is 4.16. The molecule has 4 heteroatoms. The van der Waals surface area contributed by atoms with Gasteiger partial charge < -0.3 is 4.57 Å². The number of nitriles is 1. The molecular formula is C18H14BrN3. The first kappa shape index (κ1) is 14.6. The summed E-state index contributed by atoms with van der Waals surface area (Å²) in [6, 6.07) is 18.2. The van der Waals surface area contributed by atoms with Gasteiger partial charge in [-0.05, 0) is 29.3 Å². The lowest BCUT2D eigenvalue weighted by Crippen LogP contribution is -2.06. The van der Waals surface area contributed by atoms with E-state index in [0.717, 1.165) is 22.3 Å². The van der Waals surface area contributed by atoms with Crippen LogP contribution in [0.4, 0.5) is 0 Å². The highest BCUT2D eigenvalue weighted by atomic mass is 79.9. The molecule has 0 amide bonds. The normalized spacial score (nSPS) is 10.4. The lowest BCUT2D eigenvalue weighted by molar-refractivity contribution is 0.739. The Morgan fingerprint density at radius 1 is 1.09 bits per heavy atom. The van der Waals surface area contributed by atoms with Crippen LogP contribution in [0.5, 0.6) is 0 Å². The summed E-state index contributed by atoms with van der Waals surface area (Å²) in [7, 11) is 0. The molecule has 3 aromatic rings. The van der Waals surface area contributed by atoms with E-state index in [1.165, 1.54) is 5.56 Å². The Hall–Kier alpha value is -2.38. The van der Waals surface area contributed by atoms with Gasteiger partial charge in [0.2, 0.25) is 0 Å². The van der Waals surface area contributed by atoms with Crippen molar-refractivity contribution >= 4 is 15.9 Å². The van der Waals surface area contributed by atoms with Crippen molar-refractivity contribution in [3.05, 3.63) is 87.9 Å². The molecule has 0 atom stereocenters. The summed E-state index contributed by atoms with van der Waals surface area (Å²) in [5.74, 6) is 0.995. The summed E-state index contributed by atoms with van der Waals surface area (Å²) in [6.45, 7) is 0.662. The average Bonchev–Trinajstić information content (AvgIpc) is 2.97. The van der Waals surface area contributed by atoms with Gasteiger partial charge in [0, 0.05) is 23.3 Å². The van der Waals surface area contributed by atoms with Crippen LogP contribution in [0, 0.1) is 11.3 Å². The monoisotopic (exact) mass is 351 g/mol. The van der Waals surface area contributed by atoms with E-state index < -0.39 is 0 Å². The van der Waals surface area contributed by atoms with Gasteiger partial charge in [-0.15, -0.1) is 0 Å². The van der Waals surface area contributed by atoms with Gasteiger partial charge in [-0.3, -0.25) is 0 Å². The maximum Gasteiger partial charge on any atom is 0.113 e. The first-order chi connectivity index (χ1) is 10.8. The van der Waals surface area contributed by atoms with Crippen LogP contribution >= 0.6 is 15.9 Å². The lowest BCUT2D eigenvalue weighted by Gasteiger charge is -2.09. The zero-order valence-corrected chi connectivity index (χ0v) is 13.5. The number of aromatic nitrogens is 2. The van der Waals surface area contributed by atoms with Crippen molar-refractivity contribution in [3.63, 3.8) is 0 Å². The Kier molecular flexibility index (Phi) is 4.36. The van der Waals surface area contributed by atoms with Crippen LogP contribution in [0.25, 0.3) is 0 Å². The summed E-state index contributed by atoms with van der Waals surface area (Å²) >= 11 is 3.45. The zero-order chi connectivity index (χ0) is 15.4. The Morgan fingerprint density at radius 3 is 2.64 bits per heavy atom. The van der Waals surface area contributed by atoms with Crippen molar-refractivity contribution in [1.29, 1.82) is 5.26 Å². The first-order valence-corrected chi connectivity index (χ1v) is 7.78. The van der Waals surface area contributed by atoms with Crippen LogP contribution in [0.1, 0.15) is 22.5 Å². The second-order valence-electron chi connectivity index (χ2n) is 5.04. The Labute approximate surface area is 138 Å². The number of imidazole rings is 1. The van der Waals surface area contributed by atoms with E-state index in [0.29, 0.717) is 12.1 Å². The Balaban J connectivity index is 1.83. The van der Waals surface area contributed by atoms with Crippen LogP contribution in [0.2, 0.25) is 0 Å². The third kappa shape index (κ3) is 3.26. The van der Waals surface area contributed by atoms with Gasteiger partial charge in [0.1, 0.15) is 5.82 Å². The molecule has 0 radical (unpaired) electrons. The molecule has 0 bridgehead atoms. The minimum absolute atomic E-state index is 0.662. The molecule has 0 aliphatic heterocycles. The molecule has 3 rings (SSSR count). The largest absolute Gasteiger partial charge is 0.330 e. The van der Waals surface area contributed by atoms with E-state index in [4.69, 9.17) is 0 Å². The van der Waals surface area contributed by atoms with Crippen molar-refractivity contribution in [1.82, 2.24) is 9.55 Å². The van der Waals surface area contributed by atoms with E-state index >= 15 is 0 Å². The van der Waals surface area contributed by atoms with Crippen LogP contribution in [-0.4, -0.2) is 9.55 Å². The van der Waals surface area contributed by atoms with Crippen LogP contribution < -0.4 is 0 Å². The summed E-state index contributed by atoms with van der Waals surface area (Å²) in [6.07, 6.45) is 4.54. The molecule has 0 saturated carbocycles. The standard InChI is InChI=1S/C18H14BrN3/c19-17-7-5-14(6-8-17)11-18-21-9-10-22(18)13-16-4-2-1-3-15(16)12-20/h1-10H,11,13H2. The molecule has 0 unspecified atom stereocenters. The molecule has 1 heterocycles. The van der Waals surface area contributed by atoms with Gasteiger partial charge in [0.15, 0.2) is 0 Å². The third-order valence-electron chi connectivity index (χ3n) is 3.56. The summed E-state index contributed by atoms with van der Waals surface area (Å²) in [5, 5.41) is 9.20. The molecule has 0 aliphatic carbocycles. The van der Waals surface area contributed by atoms with Gasteiger partial charge in [-0.25, -0.2) is 4.98 Å². The maximum atomic E-state index is 9.20. The lowest BCUT2D eigenvalue weighted by atomic mass is 10.1. The fraction of sp³-hybridized carbons (Fsp3) is 0.111. The predicted molar refractivity (Wildman–Crippen MR) is 89.4 cm³/mol. The van der Waals surface area contributed by atoms with Crippen molar-refractivity contribution in [3.8, 4) is 6.07 Å². The number of benzene rings is 2. The molecule has 22 heavy (non-hydrogen) atoms. The van der Waals surface area contributed by atoms with E-state index in [-0.39, 0.29) is 0 Å². The smallest absolute Gasteiger partial charge is 0.113 e. The average molecular weight is 352 g/mol. The molecule has 0 aliphatic rings. The number of rotatable bonds is 4.